The summed E-state index contributed by atoms with van der Waals surface area (Å²) in [6.07, 6.45) is -2.62. The number of nitrogens with one attached hydrogen (secondary N) is 2. The second kappa shape index (κ2) is 7.90. The Hall–Kier alpha value is -1.44. The van der Waals surface area contributed by atoms with E-state index in [0.29, 0.717) is 18.6 Å². The number of hydrogen-bond acceptors (Lipinski definition) is 2. The van der Waals surface area contributed by atoms with Gasteiger partial charge in [0.2, 0.25) is 0 Å². The van der Waals surface area contributed by atoms with Crippen LogP contribution in [0.3, 0.4) is 0 Å². The van der Waals surface area contributed by atoms with E-state index in [2.05, 4.69) is 15.6 Å². The van der Waals surface area contributed by atoms with Gasteiger partial charge in [0.1, 0.15) is 5.82 Å². The summed E-state index contributed by atoms with van der Waals surface area (Å²) in [4.78, 5) is 3.98. The van der Waals surface area contributed by atoms with Crippen molar-refractivity contribution < 1.29 is 17.6 Å². The molecule has 0 aliphatic heterocycles. The molecule has 2 N–H and O–H groups in total. The van der Waals surface area contributed by atoms with Crippen LogP contribution in [0.15, 0.2) is 23.2 Å². The Morgan fingerprint density at radius 2 is 1.87 bits per heavy atom. The third kappa shape index (κ3) is 6.29. The molecule has 0 heterocycles. The molecule has 0 unspecified atom stereocenters. The molecule has 0 amide bonds. The highest BCUT2D eigenvalue weighted by atomic mass is 32.2. The number of guanidine groups is 1. The summed E-state index contributed by atoms with van der Waals surface area (Å²) in [6, 6.07) is 2.65. The highest BCUT2D eigenvalue weighted by Gasteiger charge is 2.33. The molecule has 0 aliphatic carbocycles. The summed E-state index contributed by atoms with van der Waals surface area (Å²) in [7, 11) is 1.54. The van der Waals surface area contributed by atoms with Crippen molar-refractivity contribution in [3.63, 3.8) is 0 Å². The normalized spacial score (nSPS) is 13.1. The molecule has 1 aromatic rings. The van der Waals surface area contributed by atoms with Crippen molar-refractivity contribution >= 4 is 17.7 Å². The fourth-order valence-electron chi connectivity index (χ4n) is 1.74. The number of aliphatic imine (C=N–C) groups is 1. The first-order chi connectivity index (χ1) is 10.6. The molecule has 1 aromatic carbocycles. The highest BCUT2D eigenvalue weighted by molar-refractivity contribution is 7.99. The average molecular weight is 351 g/mol. The van der Waals surface area contributed by atoms with E-state index in [0.717, 1.165) is 12.1 Å². The van der Waals surface area contributed by atoms with Crippen LogP contribution in [0.25, 0.3) is 0 Å². The quantitative estimate of drug-likeness (QED) is 0.483. The van der Waals surface area contributed by atoms with Gasteiger partial charge in [-0.2, -0.15) is 24.9 Å². The lowest BCUT2D eigenvalue weighted by Gasteiger charge is -2.24. The Labute approximate surface area is 137 Å². The molecule has 0 saturated carbocycles. The van der Waals surface area contributed by atoms with Crippen molar-refractivity contribution in [1.82, 2.24) is 10.6 Å². The Balaban J connectivity index is 2.77. The number of halogens is 4. The first kappa shape index (κ1) is 19.6. The second-order valence-corrected chi connectivity index (χ2v) is 7.06. The molecular formula is C15H21F4N3S. The number of alkyl halides is 3. The highest BCUT2D eigenvalue weighted by Crippen LogP contribution is 2.32. The third-order valence-corrected chi connectivity index (χ3v) is 4.53. The average Bonchev–Trinajstić information content (AvgIpc) is 2.47. The fraction of sp³-hybridized carbons (Fsp3) is 0.533. The monoisotopic (exact) mass is 351 g/mol. The Bertz CT molecular complexity index is 556. The minimum atomic E-state index is -4.60. The lowest BCUT2D eigenvalue weighted by Crippen LogP contribution is -2.43. The lowest BCUT2D eigenvalue weighted by molar-refractivity contribution is -0.138. The number of benzene rings is 1. The molecule has 0 saturated heterocycles. The van der Waals surface area contributed by atoms with Crippen LogP contribution in [0, 0.1) is 5.82 Å². The predicted octanol–water partition coefficient (Wildman–Crippen LogP) is 3.65. The van der Waals surface area contributed by atoms with E-state index in [4.69, 9.17) is 0 Å². The Morgan fingerprint density at radius 1 is 1.22 bits per heavy atom. The predicted molar refractivity (Wildman–Crippen MR) is 87.2 cm³/mol. The Morgan fingerprint density at radius 3 is 2.39 bits per heavy atom. The summed E-state index contributed by atoms with van der Waals surface area (Å²) in [5.74, 6) is -0.519. The van der Waals surface area contributed by atoms with Gasteiger partial charge in [-0.3, -0.25) is 4.99 Å². The maximum atomic E-state index is 13.1. The van der Waals surface area contributed by atoms with E-state index < -0.39 is 17.6 Å². The summed E-state index contributed by atoms with van der Waals surface area (Å²) in [5.41, 5.74) is -1.02. The number of rotatable bonds is 5. The van der Waals surface area contributed by atoms with Crippen LogP contribution in [0.1, 0.15) is 25.0 Å². The van der Waals surface area contributed by atoms with Gasteiger partial charge in [0, 0.05) is 24.9 Å². The standard InChI is InChI=1S/C15H21F4N3S/c1-14(2,23-4)9-22-13(20-3)21-8-10-5-6-11(16)7-12(10)15(17,18)19/h5-7H,8-9H2,1-4H3,(H2,20,21,22). The van der Waals surface area contributed by atoms with Crippen molar-refractivity contribution in [2.75, 3.05) is 19.8 Å². The van der Waals surface area contributed by atoms with Gasteiger partial charge in [-0.05, 0) is 37.8 Å². The minimum Gasteiger partial charge on any atom is -0.355 e. The van der Waals surface area contributed by atoms with Crippen molar-refractivity contribution in [2.24, 2.45) is 4.99 Å². The van der Waals surface area contributed by atoms with Crippen LogP contribution < -0.4 is 10.6 Å². The fourth-order valence-corrected chi connectivity index (χ4v) is 1.95. The van der Waals surface area contributed by atoms with E-state index in [1.165, 1.54) is 7.05 Å². The molecule has 0 aromatic heterocycles. The smallest absolute Gasteiger partial charge is 0.355 e. The molecule has 1 rings (SSSR count). The third-order valence-electron chi connectivity index (χ3n) is 3.28. The molecule has 0 spiro atoms. The van der Waals surface area contributed by atoms with Crippen LogP contribution >= 0.6 is 11.8 Å². The molecule has 0 bridgehead atoms. The first-order valence-electron chi connectivity index (χ1n) is 6.94. The maximum Gasteiger partial charge on any atom is 0.416 e. The van der Waals surface area contributed by atoms with Gasteiger partial charge in [0.15, 0.2) is 5.96 Å². The second-order valence-electron chi connectivity index (χ2n) is 5.54. The minimum absolute atomic E-state index is 0.0361. The molecule has 23 heavy (non-hydrogen) atoms. The topological polar surface area (TPSA) is 36.4 Å². The van der Waals surface area contributed by atoms with Crippen molar-refractivity contribution in [3.8, 4) is 0 Å². The van der Waals surface area contributed by atoms with E-state index >= 15 is 0 Å². The van der Waals surface area contributed by atoms with Crippen LogP contribution in [0.5, 0.6) is 0 Å². The van der Waals surface area contributed by atoms with E-state index in [9.17, 15) is 17.6 Å². The number of hydrogen-bond donors (Lipinski definition) is 2. The van der Waals surface area contributed by atoms with Crippen molar-refractivity contribution in [2.45, 2.75) is 31.3 Å². The zero-order chi connectivity index (χ0) is 17.7. The van der Waals surface area contributed by atoms with Gasteiger partial charge in [-0.25, -0.2) is 4.39 Å². The number of nitrogens with zero attached hydrogens (tertiary/aromatic N) is 1. The summed E-state index contributed by atoms with van der Waals surface area (Å²) < 4.78 is 51.9. The molecule has 0 radical (unpaired) electrons. The SMILES string of the molecule is CN=C(NCc1ccc(F)cc1C(F)(F)F)NCC(C)(C)SC. The van der Waals surface area contributed by atoms with Crippen LogP contribution in [-0.2, 0) is 12.7 Å². The molecule has 3 nitrogen and oxygen atoms in total. The lowest BCUT2D eigenvalue weighted by atomic mass is 10.1. The largest absolute Gasteiger partial charge is 0.416 e. The van der Waals surface area contributed by atoms with Gasteiger partial charge in [-0.1, -0.05) is 6.07 Å². The molecular weight excluding hydrogens is 330 g/mol. The van der Waals surface area contributed by atoms with Gasteiger partial charge >= 0.3 is 6.18 Å². The summed E-state index contributed by atoms with van der Waals surface area (Å²) in [5, 5.41) is 5.88. The van der Waals surface area contributed by atoms with Gasteiger partial charge < -0.3 is 10.6 Å². The number of thioether (sulfide) groups is 1. The van der Waals surface area contributed by atoms with Crippen LogP contribution in [-0.4, -0.2) is 30.6 Å². The zero-order valence-corrected chi connectivity index (χ0v) is 14.3. The van der Waals surface area contributed by atoms with Gasteiger partial charge in [-0.15, -0.1) is 0 Å². The molecule has 0 fully saturated rings. The van der Waals surface area contributed by atoms with E-state index in [-0.39, 0.29) is 16.9 Å². The van der Waals surface area contributed by atoms with E-state index in [1.807, 2.05) is 20.1 Å². The summed E-state index contributed by atoms with van der Waals surface area (Å²) >= 11 is 1.67. The maximum absolute atomic E-state index is 13.1. The van der Waals surface area contributed by atoms with Gasteiger partial charge in [0.25, 0.3) is 0 Å². The first-order valence-corrected chi connectivity index (χ1v) is 8.17. The molecule has 8 heteroatoms. The molecule has 0 aliphatic rings. The van der Waals surface area contributed by atoms with Crippen molar-refractivity contribution in [3.05, 3.63) is 35.1 Å². The van der Waals surface area contributed by atoms with Gasteiger partial charge in [0.05, 0.1) is 5.56 Å². The molecule has 0 atom stereocenters. The van der Waals surface area contributed by atoms with Crippen LogP contribution in [0.4, 0.5) is 17.6 Å². The zero-order valence-electron chi connectivity index (χ0n) is 13.5. The van der Waals surface area contributed by atoms with E-state index in [1.54, 1.807) is 11.8 Å². The molecule has 130 valence electrons. The van der Waals surface area contributed by atoms with Crippen molar-refractivity contribution in [1.29, 1.82) is 0 Å². The Kier molecular flexibility index (Phi) is 6.73. The van der Waals surface area contributed by atoms with Crippen LogP contribution in [0.2, 0.25) is 0 Å². The summed E-state index contributed by atoms with van der Waals surface area (Å²) in [6.45, 7) is 4.58.